The molecular weight excluding hydrogens is 254 g/mol. The quantitative estimate of drug-likeness (QED) is 0.813. The molecule has 2 rings (SSSR count). The first-order chi connectivity index (χ1) is 8.54. The van der Waals surface area contributed by atoms with Crippen molar-refractivity contribution in [2.24, 2.45) is 13.0 Å². The monoisotopic (exact) mass is 271 g/mol. The maximum atomic E-state index is 11.8. The van der Waals surface area contributed by atoms with Gasteiger partial charge in [-0.25, -0.2) is 4.68 Å². The van der Waals surface area contributed by atoms with Crippen LogP contribution < -0.4 is 10.5 Å². The number of hydrogen-bond donors (Lipinski definition) is 0. The fourth-order valence-electron chi connectivity index (χ4n) is 2.28. The zero-order chi connectivity index (χ0) is 13.3. The van der Waals surface area contributed by atoms with Gasteiger partial charge in [0.05, 0.1) is 18.0 Å². The molecule has 1 aliphatic heterocycles. The molecule has 0 radical (unpaired) electrons. The van der Waals surface area contributed by atoms with Crippen LogP contribution in [0.3, 0.4) is 0 Å². The molecule has 0 spiro atoms. The van der Waals surface area contributed by atoms with Gasteiger partial charge in [-0.2, -0.15) is 5.10 Å². The predicted molar refractivity (Wildman–Crippen MR) is 71.3 cm³/mol. The van der Waals surface area contributed by atoms with Crippen LogP contribution in [0.2, 0.25) is 5.02 Å². The Morgan fingerprint density at radius 2 is 2.28 bits per heavy atom. The average Bonchev–Trinajstić information content (AvgIpc) is 2.37. The first kappa shape index (κ1) is 13.4. The summed E-state index contributed by atoms with van der Waals surface area (Å²) in [5.74, 6) is 0.518. The number of aryl methyl sites for hydroxylation is 1. The summed E-state index contributed by atoms with van der Waals surface area (Å²) < 4.78 is 6.70. The van der Waals surface area contributed by atoms with Crippen LogP contribution in [-0.2, 0) is 11.8 Å². The maximum absolute atomic E-state index is 11.8. The van der Waals surface area contributed by atoms with Crippen LogP contribution in [0, 0.1) is 5.92 Å². The second-order valence-electron chi connectivity index (χ2n) is 4.76. The Balaban J connectivity index is 2.27. The Morgan fingerprint density at radius 3 is 2.94 bits per heavy atom. The van der Waals surface area contributed by atoms with Crippen LogP contribution in [0.1, 0.15) is 13.3 Å². The summed E-state index contributed by atoms with van der Waals surface area (Å²) in [6.07, 6.45) is 2.83. The minimum absolute atomic E-state index is 0.166. The van der Waals surface area contributed by atoms with Gasteiger partial charge in [0.2, 0.25) is 0 Å². The van der Waals surface area contributed by atoms with Crippen LogP contribution in [-0.4, -0.2) is 36.1 Å². The summed E-state index contributed by atoms with van der Waals surface area (Å²) in [5.41, 5.74) is 0.440. The third-order valence-corrected chi connectivity index (χ3v) is 3.95. The maximum Gasteiger partial charge on any atom is 0.287 e. The number of anilines is 1. The Labute approximate surface area is 111 Å². The number of rotatable bonds is 2. The normalized spacial score (nSPS) is 24.3. The van der Waals surface area contributed by atoms with Gasteiger partial charge in [-0.3, -0.25) is 4.79 Å². The highest BCUT2D eigenvalue weighted by Gasteiger charge is 2.27. The molecule has 0 aliphatic carbocycles. The van der Waals surface area contributed by atoms with Gasteiger partial charge in [-0.05, 0) is 12.3 Å². The summed E-state index contributed by atoms with van der Waals surface area (Å²) in [5, 5.41) is 4.26. The van der Waals surface area contributed by atoms with Crippen molar-refractivity contribution in [3.63, 3.8) is 0 Å². The third kappa shape index (κ3) is 2.37. The van der Waals surface area contributed by atoms with E-state index in [0.29, 0.717) is 11.6 Å². The molecule has 1 fully saturated rings. The molecule has 1 saturated heterocycles. The Hall–Kier alpha value is -1.07. The molecule has 1 aliphatic rings. The molecule has 18 heavy (non-hydrogen) atoms. The lowest BCUT2D eigenvalue weighted by molar-refractivity contribution is 0.0498. The van der Waals surface area contributed by atoms with Gasteiger partial charge >= 0.3 is 0 Å². The van der Waals surface area contributed by atoms with Crippen molar-refractivity contribution in [3.8, 4) is 0 Å². The number of hydrogen-bond acceptors (Lipinski definition) is 4. The smallest absolute Gasteiger partial charge is 0.287 e. The Kier molecular flexibility index (Phi) is 3.92. The molecule has 6 heteroatoms. The molecule has 5 nitrogen and oxygen atoms in total. The van der Waals surface area contributed by atoms with Crippen LogP contribution in [0.25, 0.3) is 0 Å². The molecule has 100 valence electrons. The first-order valence-corrected chi connectivity index (χ1v) is 6.42. The van der Waals surface area contributed by atoms with Gasteiger partial charge in [-0.15, -0.1) is 0 Å². The predicted octanol–water partition coefficient (Wildman–Crippen LogP) is 1.29. The van der Waals surface area contributed by atoms with Gasteiger partial charge in [0.15, 0.2) is 0 Å². The van der Waals surface area contributed by atoms with Gasteiger partial charge in [0.1, 0.15) is 5.02 Å². The topological polar surface area (TPSA) is 47.4 Å². The SMILES string of the molecule is COC1CN(c2cnn(C)c(=O)c2Cl)CCC1C. The Bertz CT molecular complexity index is 489. The molecular formula is C12H18ClN3O2. The second-order valence-corrected chi connectivity index (χ2v) is 5.14. The lowest BCUT2D eigenvalue weighted by Gasteiger charge is -2.37. The summed E-state index contributed by atoms with van der Waals surface area (Å²) in [6, 6.07) is 0. The molecule has 0 saturated carbocycles. The lowest BCUT2D eigenvalue weighted by atomic mass is 9.95. The van der Waals surface area contributed by atoms with E-state index in [-0.39, 0.29) is 16.7 Å². The van der Waals surface area contributed by atoms with E-state index in [9.17, 15) is 4.79 Å². The minimum atomic E-state index is -0.262. The van der Waals surface area contributed by atoms with Gasteiger partial charge in [0, 0.05) is 27.2 Å². The van der Waals surface area contributed by atoms with Crippen LogP contribution >= 0.6 is 11.6 Å². The summed E-state index contributed by atoms with van der Waals surface area (Å²) in [7, 11) is 3.31. The van der Waals surface area contributed by atoms with Crippen molar-refractivity contribution in [3.05, 3.63) is 21.6 Å². The number of halogens is 1. The van der Waals surface area contributed by atoms with E-state index >= 15 is 0 Å². The standard InChI is InChI=1S/C12H18ClN3O2/c1-8-4-5-16(7-10(8)18-3)9-6-14-15(2)12(17)11(9)13/h6,8,10H,4-5,7H2,1-3H3. The number of methoxy groups -OCH3 is 1. The third-order valence-electron chi connectivity index (χ3n) is 3.59. The molecule has 2 unspecified atom stereocenters. The van der Waals surface area contributed by atoms with Crippen molar-refractivity contribution in [2.45, 2.75) is 19.4 Å². The van der Waals surface area contributed by atoms with Crippen LogP contribution in [0.15, 0.2) is 11.0 Å². The average molecular weight is 272 g/mol. The van der Waals surface area contributed by atoms with Crippen molar-refractivity contribution < 1.29 is 4.74 Å². The molecule has 1 aromatic heterocycles. The highest BCUT2D eigenvalue weighted by atomic mass is 35.5. The van der Waals surface area contributed by atoms with Crippen molar-refractivity contribution in [1.29, 1.82) is 0 Å². The van der Waals surface area contributed by atoms with Crippen molar-refractivity contribution >= 4 is 17.3 Å². The molecule has 1 aromatic rings. The van der Waals surface area contributed by atoms with E-state index < -0.39 is 0 Å². The second kappa shape index (κ2) is 5.28. The molecule has 0 N–H and O–H groups in total. The molecule has 2 atom stereocenters. The summed E-state index contributed by atoms with van der Waals surface area (Å²) >= 11 is 6.10. The highest BCUT2D eigenvalue weighted by molar-refractivity contribution is 6.33. The molecule has 0 aromatic carbocycles. The van der Waals surface area contributed by atoms with E-state index in [4.69, 9.17) is 16.3 Å². The van der Waals surface area contributed by atoms with E-state index in [0.717, 1.165) is 19.5 Å². The van der Waals surface area contributed by atoms with Crippen LogP contribution in [0.5, 0.6) is 0 Å². The number of piperidine rings is 1. The number of nitrogens with zero attached hydrogens (tertiary/aromatic N) is 3. The van der Waals surface area contributed by atoms with Gasteiger partial charge in [0.25, 0.3) is 5.56 Å². The van der Waals surface area contributed by atoms with E-state index in [1.807, 2.05) is 0 Å². The van der Waals surface area contributed by atoms with Crippen molar-refractivity contribution in [1.82, 2.24) is 9.78 Å². The van der Waals surface area contributed by atoms with Gasteiger partial charge < -0.3 is 9.64 Å². The van der Waals surface area contributed by atoms with Crippen molar-refractivity contribution in [2.75, 3.05) is 25.1 Å². The molecule has 2 heterocycles. The largest absolute Gasteiger partial charge is 0.379 e. The summed E-state index contributed by atoms with van der Waals surface area (Å²) in [4.78, 5) is 13.8. The highest BCUT2D eigenvalue weighted by Crippen LogP contribution is 2.27. The van der Waals surface area contributed by atoms with E-state index in [2.05, 4.69) is 16.9 Å². The lowest BCUT2D eigenvalue weighted by Crippen LogP contribution is -2.44. The fraction of sp³-hybridized carbons (Fsp3) is 0.667. The number of ether oxygens (including phenoxy) is 1. The van der Waals surface area contributed by atoms with Crippen LogP contribution in [0.4, 0.5) is 5.69 Å². The fourth-order valence-corrected chi connectivity index (χ4v) is 2.57. The first-order valence-electron chi connectivity index (χ1n) is 6.04. The molecule has 0 amide bonds. The van der Waals surface area contributed by atoms with E-state index in [1.165, 1.54) is 4.68 Å². The van der Waals surface area contributed by atoms with E-state index in [1.54, 1.807) is 20.4 Å². The Morgan fingerprint density at radius 1 is 1.56 bits per heavy atom. The summed E-state index contributed by atoms with van der Waals surface area (Å²) in [6.45, 7) is 3.79. The molecule has 0 bridgehead atoms. The minimum Gasteiger partial charge on any atom is -0.379 e. The van der Waals surface area contributed by atoms with Gasteiger partial charge in [-0.1, -0.05) is 18.5 Å². The number of aromatic nitrogens is 2. The zero-order valence-corrected chi connectivity index (χ0v) is 11.6. The zero-order valence-electron chi connectivity index (χ0n) is 10.9.